The molecular weight excluding hydrogens is 461 g/mol. The van der Waals surface area contributed by atoms with Crippen molar-refractivity contribution in [2.45, 2.75) is 25.7 Å². The Morgan fingerprint density at radius 1 is 1.17 bits per heavy atom. The van der Waals surface area contributed by atoms with Gasteiger partial charge < -0.3 is 14.6 Å². The number of fused-ring (bicyclic) bond motifs is 1. The Bertz CT molecular complexity index is 1200. The number of carboxylic acids is 1. The third-order valence-corrected chi connectivity index (χ3v) is 6.68. The zero-order valence-electron chi connectivity index (χ0n) is 19.4. The van der Waals surface area contributed by atoms with E-state index in [-0.39, 0.29) is 6.61 Å². The van der Waals surface area contributed by atoms with Gasteiger partial charge in [0.2, 0.25) is 0 Å². The summed E-state index contributed by atoms with van der Waals surface area (Å²) in [4.78, 5) is 18.2. The first-order valence-corrected chi connectivity index (χ1v) is 11.5. The van der Waals surface area contributed by atoms with Gasteiger partial charge in [-0.3, -0.25) is 14.7 Å². The minimum absolute atomic E-state index is 0.0314. The lowest BCUT2D eigenvalue weighted by Crippen LogP contribution is -2.36. The number of rotatable bonds is 10. The largest absolute Gasteiger partial charge is 0.497 e. The molecule has 0 spiro atoms. The second kappa shape index (κ2) is 10.5. The van der Waals surface area contributed by atoms with Gasteiger partial charge in [0.1, 0.15) is 18.2 Å². The minimum atomic E-state index is -0.972. The summed E-state index contributed by atoms with van der Waals surface area (Å²) in [5.74, 6) is -2.72. The molecule has 35 heavy (non-hydrogen) atoms. The van der Waals surface area contributed by atoms with E-state index in [4.69, 9.17) is 9.47 Å². The van der Waals surface area contributed by atoms with Crippen LogP contribution in [0.5, 0.6) is 11.5 Å². The molecule has 2 aromatic carbocycles. The van der Waals surface area contributed by atoms with E-state index < -0.39 is 34.6 Å². The maximum absolute atomic E-state index is 14.6. The van der Waals surface area contributed by atoms with Crippen LogP contribution in [-0.2, 0) is 11.2 Å². The normalized spacial score (nSPS) is 18.2. The molecule has 2 heterocycles. The number of nitrogens with zero attached hydrogens (tertiary/aromatic N) is 2. The average molecular weight is 489 g/mol. The molecule has 3 aromatic rings. The molecule has 0 bridgehead atoms. The van der Waals surface area contributed by atoms with Gasteiger partial charge in [-0.1, -0.05) is 6.07 Å². The molecule has 1 fully saturated rings. The molecule has 0 radical (unpaired) electrons. The van der Waals surface area contributed by atoms with Gasteiger partial charge in [-0.25, -0.2) is 13.2 Å². The number of carbonyl (C=O) groups is 1. The maximum Gasteiger partial charge on any atom is 0.310 e. The van der Waals surface area contributed by atoms with Gasteiger partial charge >= 0.3 is 5.97 Å². The fourth-order valence-corrected chi connectivity index (χ4v) is 4.72. The standard InChI is InChI=1S/C26H27F3N2O4/c1-34-17-7-8-23-19(14-17)18(22(29)15-30-23)4-3-9-26(25(32)33)10-11-31(16-26)12-13-35-24-20(27)5-2-6-21(24)28/h2,5-8,14-15H,3-4,9-13,16H2,1H3,(H,32,33). The van der Waals surface area contributed by atoms with Crippen molar-refractivity contribution in [3.8, 4) is 11.5 Å². The Labute approximate surface area is 201 Å². The summed E-state index contributed by atoms with van der Waals surface area (Å²) in [7, 11) is 1.54. The van der Waals surface area contributed by atoms with Crippen molar-refractivity contribution in [3.05, 3.63) is 65.6 Å². The van der Waals surface area contributed by atoms with Gasteiger partial charge in [-0.15, -0.1) is 0 Å². The molecular formula is C26H27F3N2O4. The van der Waals surface area contributed by atoms with Crippen LogP contribution in [0.15, 0.2) is 42.6 Å². The molecule has 1 saturated heterocycles. The predicted molar refractivity (Wildman–Crippen MR) is 124 cm³/mol. The number of methoxy groups -OCH3 is 1. The summed E-state index contributed by atoms with van der Waals surface area (Å²) in [6.07, 6.45) is 2.83. The molecule has 1 atom stereocenters. The number of benzene rings is 2. The smallest absolute Gasteiger partial charge is 0.310 e. The molecule has 1 unspecified atom stereocenters. The van der Waals surface area contributed by atoms with Gasteiger partial charge in [0.25, 0.3) is 0 Å². The van der Waals surface area contributed by atoms with Gasteiger partial charge in [0, 0.05) is 18.5 Å². The van der Waals surface area contributed by atoms with Crippen molar-refractivity contribution in [1.82, 2.24) is 9.88 Å². The van der Waals surface area contributed by atoms with Crippen LogP contribution in [0.1, 0.15) is 24.8 Å². The van der Waals surface area contributed by atoms with E-state index in [9.17, 15) is 23.1 Å². The topological polar surface area (TPSA) is 71.9 Å². The molecule has 4 rings (SSSR count). The van der Waals surface area contributed by atoms with Crippen LogP contribution in [0, 0.1) is 22.9 Å². The monoisotopic (exact) mass is 488 g/mol. The molecule has 0 saturated carbocycles. The molecule has 9 heteroatoms. The predicted octanol–water partition coefficient (Wildman–Crippen LogP) is 4.84. The number of halogens is 3. The highest BCUT2D eigenvalue weighted by Gasteiger charge is 2.44. The summed E-state index contributed by atoms with van der Waals surface area (Å²) in [5, 5.41) is 10.6. The zero-order valence-corrected chi connectivity index (χ0v) is 19.4. The van der Waals surface area contributed by atoms with E-state index >= 15 is 0 Å². The fourth-order valence-electron chi connectivity index (χ4n) is 4.72. The van der Waals surface area contributed by atoms with E-state index in [1.54, 1.807) is 18.2 Å². The van der Waals surface area contributed by atoms with Crippen LogP contribution >= 0.6 is 0 Å². The Morgan fingerprint density at radius 2 is 1.94 bits per heavy atom. The Hall–Kier alpha value is -3.33. The Kier molecular flexibility index (Phi) is 7.45. The summed E-state index contributed by atoms with van der Waals surface area (Å²) < 4.78 is 52.6. The Balaban J connectivity index is 1.38. The van der Waals surface area contributed by atoms with Gasteiger partial charge in [-0.05, 0) is 68.1 Å². The summed E-state index contributed by atoms with van der Waals surface area (Å²) >= 11 is 0. The van der Waals surface area contributed by atoms with Crippen LogP contribution < -0.4 is 9.47 Å². The van der Waals surface area contributed by atoms with E-state index in [1.807, 2.05) is 4.90 Å². The second-order valence-corrected chi connectivity index (χ2v) is 8.83. The number of aromatic nitrogens is 1. The number of aryl methyl sites for hydroxylation is 1. The third-order valence-electron chi connectivity index (χ3n) is 6.68. The highest BCUT2D eigenvalue weighted by Crippen LogP contribution is 2.37. The zero-order chi connectivity index (χ0) is 25.0. The number of aliphatic carboxylic acids is 1. The molecule has 1 aromatic heterocycles. The molecule has 1 N–H and O–H groups in total. The van der Waals surface area contributed by atoms with Crippen LogP contribution in [0.2, 0.25) is 0 Å². The van der Waals surface area contributed by atoms with Crippen LogP contribution in [0.3, 0.4) is 0 Å². The quantitative estimate of drug-likeness (QED) is 0.441. The molecule has 0 amide bonds. The lowest BCUT2D eigenvalue weighted by atomic mass is 9.81. The summed E-state index contributed by atoms with van der Waals surface area (Å²) in [6.45, 7) is 1.19. The van der Waals surface area contributed by atoms with Crippen LogP contribution in [-0.4, -0.2) is 54.3 Å². The van der Waals surface area contributed by atoms with Crippen molar-refractivity contribution in [3.63, 3.8) is 0 Å². The number of hydrogen-bond donors (Lipinski definition) is 1. The number of hydrogen-bond acceptors (Lipinski definition) is 5. The third kappa shape index (κ3) is 5.35. The van der Waals surface area contributed by atoms with Crippen molar-refractivity contribution in [2.75, 3.05) is 33.4 Å². The molecule has 6 nitrogen and oxygen atoms in total. The van der Waals surface area contributed by atoms with Crippen molar-refractivity contribution >= 4 is 16.9 Å². The number of carboxylic acid groups (broad SMARTS) is 1. The van der Waals surface area contributed by atoms with E-state index in [1.165, 1.54) is 19.4 Å². The lowest BCUT2D eigenvalue weighted by Gasteiger charge is -2.25. The number of ether oxygens (including phenoxy) is 2. The number of pyridine rings is 1. The molecule has 1 aliphatic heterocycles. The maximum atomic E-state index is 14.6. The van der Waals surface area contributed by atoms with E-state index in [0.717, 1.165) is 12.1 Å². The molecule has 1 aliphatic rings. The summed E-state index contributed by atoms with van der Waals surface area (Å²) in [6, 6.07) is 8.76. The van der Waals surface area contributed by atoms with Crippen molar-refractivity contribution in [1.29, 1.82) is 0 Å². The number of para-hydroxylation sites is 1. The van der Waals surface area contributed by atoms with Crippen LogP contribution in [0.4, 0.5) is 13.2 Å². The lowest BCUT2D eigenvalue weighted by molar-refractivity contribution is -0.148. The van der Waals surface area contributed by atoms with Crippen molar-refractivity contribution < 1.29 is 32.5 Å². The first-order valence-electron chi connectivity index (χ1n) is 11.5. The second-order valence-electron chi connectivity index (χ2n) is 8.83. The molecule has 186 valence electrons. The Morgan fingerprint density at radius 3 is 2.66 bits per heavy atom. The first-order chi connectivity index (χ1) is 16.8. The van der Waals surface area contributed by atoms with Crippen LogP contribution in [0.25, 0.3) is 10.9 Å². The highest BCUT2D eigenvalue weighted by molar-refractivity contribution is 5.83. The average Bonchev–Trinajstić information content (AvgIpc) is 3.26. The van der Waals surface area contributed by atoms with Gasteiger partial charge in [0.15, 0.2) is 17.4 Å². The first kappa shape index (κ1) is 24.8. The van der Waals surface area contributed by atoms with Crippen molar-refractivity contribution in [2.24, 2.45) is 5.41 Å². The number of likely N-dealkylation sites (tertiary alicyclic amines) is 1. The molecule has 0 aliphatic carbocycles. The van der Waals surface area contributed by atoms with Gasteiger partial charge in [-0.2, -0.15) is 0 Å². The van der Waals surface area contributed by atoms with Gasteiger partial charge in [0.05, 0.1) is 24.2 Å². The van der Waals surface area contributed by atoms with E-state index in [2.05, 4.69) is 4.98 Å². The fraction of sp³-hybridized carbons (Fsp3) is 0.385. The summed E-state index contributed by atoms with van der Waals surface area (Å²) in [5.41, 5.74) is 0.165. The minimum Gasteiger partial charge on any atom is -0.497 e. The SMILES string of the molecule is COc1ccc2ncc(F)c(CCCC3(C(=O)O)CCN(CCOc4c(F)cccc4F)C3)c2c1. The highest BCUT2D eigenvalue weighted by atomic mass is 19.1. The van der Waals surface area contributed by atoms with E-state index in [0.29, 0.717) is 67.5 Å².